The maximum atomic E-state index is 12.7. The standard InChI is InChI=1S/C24H32N2O7/c1-4-32-11-5-6-12-33-15-16-7-9-17(10-8-16)18-13-19-22(27)25(2)14-20(26(19)24(29)30)21(18)23(28)31-3/h7-10,19-20H,4-6,11-15H2,1-3H3,(H,29,30). The molecule has 2 unspecified atom stereocenters. The number of fused-ring (bicyclic) bond motifs is 2. The van der Waals surface area contributed by atoms with Gasteiger partial charge in [0.05, 0.1) is 25.3 Å². The van der Waals surface area contributed by atoms with Crippen LogP contribution in [0.25, 0.3) is 5.57 Å². The van der Waals surface area contributed by atoms with Gasteiger partial charge in [-0.3, -0.25) is 9.69 Å². The summed E-state index contributed by atoms with van der Waals surface area (Å²) in [4.78, 5) is 39.9. The smallest absolute Gasteiger partial charge is 0.408 e. The molecule has 0 spiro atoms. The van der Waals surface area contributed by atoms with Crippen molar-refractivity contribution >= 4 is 23.5 Å². The van der Waals surface area contributed by atoms with Gasteiger partial charge in [0.2, 0.25) is 5.91 Å². The van der Waals surface area contributed by atoms with E-state index in [1.807, 2.05) is 31.2 Å². The van der Waals surface area contributed by atoms with Crippen LogP contribution in [-0.4, -0.2) is 85.5 Å². The van der Waals surface area contributed by atoms with Crippen LogP contribution in [0.5, 0.6) is 0 Å². The zero-order valence-corrected chi connectivity index (χ0v) is 19.4. The highest BCUT2D eigenvalue weighted by Crippen LogP contribution is 2.39. The average molecular weight is 461 g/mol. The van der Waals surface area contributed by atoms with Crippen molar-refractivity contribution in [3.05, 3.63) is 41.0 Å². The van der Waals surface area contributed by atoms with Crippen molar-refractivity contribution in [2.75, 3.05) is 40.5 Å². The average Bonchev–Trinajstić information content (AvgIpc) is 2.81. The number of hydrogen-bond acceptors (Lipinski definition) is 6. The summed E-state index contributed by atoms with van der Waals surface area (Å²) in [6.45, 7) is 4.66. The number of rotatable bonds is 10. The zero-order valence-electron chi connectivity index (χ0n) is 19.4. The van der Waals surface area contributed by atoms with Crippen molar-refractivity contribution in [2.45, 2.75) is 44.9 Å². The van der Waals surface area contributed by atoms with Crippen molar-refractivity contribution in [2.24, 2.45) is 0 Å². The molecule has 9 heteroatoms. The van der Waals surface area contributed by atoms with Gasteiger partial charge in [0.25, 0.3) is 0 Å². The molecule has 3 rings (SSSR count). The number of benzene rings is 1. The lowest BCUT2D eigenvalue weighted by atomic mass is 9.81. The summed E-state index contributed by atoms with van der Waals surface area (Å²) in [6.07, 6.45) is 0.784. The molecule has 2 heterocycles. The second-order valence-electron chi connectivity index (χ2n) is 8.18. The quantitative estimate of drug-likeness (QED) is 0.422. The second-order valence-corrected chi connectivity index (χ2v) is 8.18. The van der Waals surface area contributed by atoms with Crippen LogP contribution in [0.2, 0.25) is 0 Å². The topological polar surface area (TPSA) is 106 Å². The number of methoxy groups -OCH3 is 1. The summed E-state index contributed by atoms with van der Waals surface area (Å²) in [6, 6.07) is 5.97. The van der Waals surface area contributed by atoms with Crippen molar-refractivity contribution in [3.8, 4) is 0 Å². The Morgan fingerprint density at radius 2 is 1.76 bits per heavy atom. The number of likely N-dealkylation sites (N-methyl/N-ethyl adjacent to an activating group) is 1. The van der Waals surface area contributed by atoms with Gasteiger partial charge in [0, 0.05) is 39.8 Å². The van der Waals surface area contributed by atoms with Crippen LogP contribution in [-0.2, 0) is 30.4 Å². The summed E-state index contributed by atoms with van der Waals surface area (Å²) >= 11 is 0. The highest BCUT2D eigenvalue weighted by molar-refractivity contribution is 6.03. The van der Waals surface area contributed by atoms with E-state index in [1.165, 1.54) is 12.0 Å². The van der Waals surface area contributed by atoms with Gasteiger partial charge in [-0.25, -0.2) is 9.59 Å². The predicted molar refractivity (Wildman–Crippen MR) is 120 cm³/mol. The molecule has 1 saturated heterocycles. The van der Waals surface area contributed by atoms with Gasteiger partial charge in [-0.05, 0) is 36.5 Å². The molecule has 33 heavy (non-hydrogen) atoms. The van der Waals surface area contributed by atoms with E-state index in [4.69, 9.17) is 14.2 Å². The van der Waals surface area contributed by atoms with E-state index >= 15 is 0 Å². The van der Waals surface area contributed by atoms with Crippen LogP contribution < -0.4 is 0 Å². The number of ether oxygens (including phenoxy) is 3. The van der Waals surface area contributed by atoms with E-state index in [9.17, 15) is 19.5 Å². The molecule has 0 radical (unpaired) electrons. The zero-order chi connectivity index (χ0) is 24.0. The summed E-state index contributed by atoms with van der Waals surface area (Å²) in [5.74, 6) is -0.855. The highest BCUT2D eigenvalue weighted by atomic mass is 16.5. The Bertz CT molecular complexity index is 897. The van der Waals surface area contributed by atoms with Crippen LogP contribution in [0.4, 0.5) is 4.79 Å². The number of hydrogen-bond donors (Lipinski definition) is 1. The fourth-order valence-corrected chi connectivity index (χ4v) is 4.40. The van der Waals surface area contributed by atoms with E-state index in [-0.39, 0.29) is 24.4 Å². The largest absolute Gasteiger partial charge is 0.466 e. The molecule has 2 atom stereocenters. The van der Waals surface area contributed by atoms with E-state index < -0.39 is 24.1 Å². The molecular weight excluding hydrogens is 428 g/mol. The van der Waals surface area contributed by atoms with Crippen molar-refractivity contribution in [1.82, 2.24) is 9.80 Å². The van der Waals surface area contributed by atoms with Gasteiger partial charge in [0.15, 0.2) is 0 Å². The van der Waals surface area contributed by atoms with Crippen LogP contribution in [0, 0.1) is 0 Å². The third kappa shape index (κ3) is 5.54. The number of piperazine rings is 1. The molecule has 1 fully saturated rings. The second kappa shape index (κ2) is 11.3. The number of nitrogens with zero attached hydrogens (tertiary/aromatic N) is 2. The highest BCUT2D eigenvalue weighted by Gasteiger charge is 2.50. The normalized spacial score (nSPS) is 20.3. The number of esters is 1. The maximum absolute atomic E-state index is 12.7. The molecule has 2 aliphatic rings. The Hall–Kier alpha value is -2.91. The van der Waals surface area contributed by atoms with Crippen LogP contribution in [0.3, 0.4) is 0 Å². The van der Waals surface area contributed by atoms with Crippen LogP contribution >= 0.6 is 0 Å². The molecule has 0 aliphatic carbocycles. The van der Waals surface area contributed by atoms with Crippen LogP contribution in [0.1, 0.15) is 37.3 Å². The Morgan fingerprint density at radius 1 is 1.09 bits per heavy atom. The van der Waals surface area contributed by atoms with Gasteiger partial charge >= 0.3 is 12.1 Å². The summed E-state index contributed by atoms with van der Waals surface area (Å²) in [5.41, 5.74) is 2.70. The summed E-state index contributed by atoms with van der Waals surface area (Å²) in [5, 5.41) is 9.74. The number of unbranched alkanes of at least 4 members (excludes halogenated alkanes) is 1. The molecular formula is C24H32N2O7. The first-order valence-electron chi connectivity index (χ1n) is 11.2. The first kappa shape index (κ1) is 24.7. The molecule has 2 amide bonds. The van der Waals surface area contributed by atoms with E-state index in [2.05, 4.69) is 0 Å². The SMILES string of the molecule is CCOCCCCOCc1ccc(C2=C(C(=O)OC)C3CN(C)C(=O)C(C2)N3C(=O)O)cc1. The molecule has 2 aliphatic heterocycles. The molecule has 0 saturated carbocycles. The van der Waals surface area contributed by atoms with E-state index in [0.717, 1.165) is 42.1 Å². The third-order valence-electron chi connectivity index (χ3n) is 6.06. The Balaban J connectivity index is 1.78. The first-order chi connectivity index (χ1) is 15.9. The number of carbonyl (C=O) groups is 3. The number of carbonyl (C=O) groups excluding carboxylic acids is 2. The minimum atomic E-state index is -1.22. The summed E-state index contributed by atoms with van der Waals surface area (Å²) in [7, 11) is 2.89. The molecule has 1 aromatic rings. The Kier molecular flexibility index (Phi) is 8.46. The monoisotopic (exact) mass is 460 g/mol. The van der Waals surface area contributed by atoms with Gasteiger partial charge in [-0.1, -0.05) is 24.3 Å². The van der Waals surface area contributed by atoms with Crippen molar-refractivity contribution in [3.63, 3.8) is 0 Å². The molecule has 9 nitrogen and oxygen atoms in total. The molecule has 0 aromatic heterocycles. The fourth-order valence-electron chi connectivity index (χ4n) is 4.40. The lowest BCUT2D eigenvalue weighted by Crippen LogP contribution is -2.65. The van der Waals surface area contributed by atoms with Gasteiger partial charge in [0.1, 0.15) is 6.04 Å². The Morgan fingerprint density at radius 3 is 2.36 bits per heavy atom. The van der Waals surface area contributed by atoms with Gasteiger partial charge < -0.3 is 24.2 Å². The molecule has 1 aromatic carbocycles. The van der Waals surface area contributed by atoms with Crippen molar-refractivity contribution < 1.29 is 33.7 Å². The van der Waals surface area contributed by atoms with Gasteiger partial charge in [-0.2, -0.15) is 0 Å². The fraction of sp³-hybridized carbons (Fsp3) is 0.542. The minimum Gasteiger partial charge on any atom is -0.466 e. The van der Waals surface area contributed by atoms with Crippen molar-refractivity contribution in [1.29, 1.82) is 0 Å². The lowest BCUT2D eigenvalue weighted by molar-refractivity contribution is -0.144. The molecule has 2 bridgehead atoms. The molecule has 180 valence electrons. The number of amides is 2. The predicted octanol–water partition coefficient (Wildman–Crippen LogP) is 2.54. The van der Waals surface area contributed by atoms with Gasteiger partial charge in [-0.15, -0.1) is 0 Å². The summed E-state index contributed by atoms with van der Waals surface area (Å²) < 4.78 is 16.0. The number of carboxylic acid groups (broad SMARTS) is 1. The van der Waals surface area contributed by atoms with E-state index in [0.29, 0.717) is 18.8 Å². The lowest BCUT2D eigenvalue weighted by Gasteiger charge is -2.47. The third-order valence-corrected chi connectivity index (χ3v) is 6.06. The molecule has 1 N–H and O–H groups in total. The minimum absolute atomic E-state index is 0.102. The Labute approximate surface area is 193 Å². The van der Waals surface area contributed by atoms with E-state index in [1.54, 1.807) is 7.05 Å². The first-order valence-corrected chi connectivity index (χ1v) is 11.2. The van der Waals surface area contributed by atoms with Crippen LogP contribution in [0.15, 0.2) is 29.8 Å². The maximum Gasteiger partial charge on any atom is 0.408 e.